The third-order valence-corrected chi connectivity index (χ3v) is 5.55. The number of thiocarbonyl (C=S) groups is 1. The zero-order valence-electron chi connectivity index (χ0n) is 20.3. The molecule has 0 saturated carbocycles. The van der Waals surface area contributed by atoms with Crippen molar-refractivity contribution < 1.29 is 14.3 Å². The van der Waals surface area contributed by atoms with Crippen molar-refractivity contribution >= 4 is 40.5 Å². The van der Waals surface area contributed by atoms with Gasteiger partial charge in [-0.2, -0.15) is 0 Å². The molecule has 0 unspecified atom stereocenters. The van der Waals surface area contributed by atoms with Gasteiger partial charge in [0.05, 0.1) is 23.4 Å². The number of rotatable bonds is 9. The zero-order valence-corrected chi connectivity index (χ0v) is 21.1. The molecule has 3 rings (SSSR count). The minimum Gasteiger partial charge on any atom is -0.493 e. The van der Waals surface area contributed by atoms with Gasteiger partial charge in [0.2, 0.25) is 0 Å². The molecule has 0 aromatic heterocycles. The van der Waals surface area contributed by atoms with Crippen molar-refractivity contribution in [2.24, 2.45) is 5.92 Å². The van der Waals surface area contributed by atoms with E-state index in [0.29, 0.717) is 41.6 Å². The van der Waals surface area contributed by atoms with Crippen molar-refractivity contribution in [2.45, 2.75) is 27.2 Å². The molecule has 0 aliphatic rings. The molecular weight excluding hydrogens is 458 g/mol. The molecule has 0 fully saturated rings. The fraction of sp³-hybridized carbons (Fsp3) is 0.250. The van der Waals surface area contributed by atoms with Crippen LogP contribution in [0, 0.1) is 5.92 Å². The van der Waals surface area contributed by atoms with Crippen LogP contribution in [0.15, 0.2) is 78.9 Å². The van der Waals surface area contributed by atoms with Crippen LogP contribution in [0.3, 0.4) is 0 Å². The summed E-state index contributed by atoms with van der Waals surface area (Å²) in [4.78, 5) is 28.0. The van der Waals surface area contributed by atoms with Crippen LogP contribution in [-0.4, -0.2) is 30.1 Å². The summed E-state index contributed by atoms with van der Waals surface area (Å²) in [6.07, 6.45) is 0.887. The molecule has 3 aromatic rings. The maximum absolute atomic E-state index is 13.4. The lowest BCUT2D eigenvalue weighted by molar-refractivity contribution is 0.0970. The van der Waals surface area contributed by atoms with Gasteiger partial charge in [-0.15, -0.1) is 0 Å². The number of ether oxygens (including phenoxy) is 1. The second kappa shape index (κ2) is 12.7. The van der Waals surface area contributed by atoms with Crippen LogP contribution >= 0.6 is 12.2 Å². The molecular formula is C28H31N3O3S. The molecule has 0 saturated heterocycles. The minimum absolute atomic E-state index is 0.0926. The number of anilines is 2. The molecule has 0 spiro atoms. The fourth-order valence-corrected chi connectivity index (χ4v) is 3.69. The van der Waals surface area contributed by atoms with Crippen LogP contribution in [-0.2, 0) is 0 Å². The first kappa shape index (κ1) is 25.9. The SMILES string of the molecule is CCN(C(=O)c1ccccc1NC(=S)NC(=O)c1ccccc1OCCC(C)C)c1ccccc1. The molecule has 0 radical (unpaired) electrons. The predicted molar refractivity (Wildman–Crippen MR) is 145 cm³/mol. The molecule has 35 heavy (non-hydrogen) atoms. The summed E-state index contributed by atoms with van der Waals surface area (Å²) in [6.45, 7) is 7.19. The topological polar surface area (TPSA) is 70.7 Å². The Balaban J connectivity index is 1.72. The van der Waals surface area contributed by atoms with E-state index in [-0.39, 0.29) is 16.9 Å². The largest absolute Gasteiger partial charge is 0.493 e. The number of para-hydroxylation sites is 3. The molecule has 182 valence electrons. The molecule has 0 atom stereocenters. The smallest absolute Gasteiger partial charge is 0.261 e. The molecule has 0 aliphatic heterocycles. The van der Waals surface area contributed by atoms with Crippen molar-refractivity contribution in [3.8, 4) is 5.75 Å². The maximum Gasteiger partial charge on any atom is 0.261 e. The molecule has 6 nitrogen and oxygen atoms in total. The summed E-state index contributed by atoms with van der Waals surface area (Å²) in [5, 5.41) is 5.81. The Labute approximate surface area is 212 Å². The quantitative estimate of drug-likeness (QED) is 0.366. The Bertz CT molecular complexity index is 1160. The summed E-state index contributed by atoms with van der Waals surface area (Å²) in [6, 6.07) is 23.6. The summed E-state index contributed by atoms with van der Waals surface area (Å²) < 4.78 is 5.83. The normalized spacial score (nSPS) is 10.5. The highest BCUT2D eigenvalue weighted by Crippen LogP contribution is 2.22. The van der Waals surface area contributed by atoms with Crippen molar-refractivity contribution in [3.05, 3.63) is 90.0 Å². The first-order valence-electron chi connectivity index (χ1n) is 11.7. The Morgan fingerprint density at radius 1 is 0.914 bits per heavy atom. The van der Waals surface area contributed by atoms with E-state index in [2.05, 4.69) is 24.5 Å². The lowest BCUT2D eigenvalue weighted by Gasteiger charge is -2.23. The van der Waals surface area contributed by atoms with Gasteiger partial charge >= 0.3 is 0 Å². The van der Waals surface area contributed by atoms with Crippen LogP contribution in [0.2, 0.25) is 0 Å². The number of carbonyl (C=O) groups excluding carboxylic acids is 2. The van der Waals surface area contributed by atoms with Gasteiger partial charge in [0, 0.05) is 12.2 Å². The number of carbonyl (C=O) groups is 2. The summed E-state index contributed by atoms with van der Waals surface area (Å²) in [7, 11) is 0. The average Bonchev–Trinajstić information content (AvgIpc) is 2.85. The second-order valence-electron chi connectivity index (χ2n) is 8.37. The van der Waals surface area contributed by atoms with Gasteiger partial charge in [0.1, 0.15) is 5.75 Å². The molecule has 0 heterocycles. The highest BCUT2D eigenvalue weighted by atomic mass is 32.1. The van der Waals surface area contributed by atoms with Crippen molar-refractivity contribution in [1.82, 2.24) is 5.32 Å². The van der Waals surface area contributed by atoms with Crippen LogP contribution < -0.4 is 20.3 Å². The molecule has 3 aromatic carbocycles. The van der Waals surface area contributed by atoms with E-state index in [9.17, 15) is 9.59 Å². The van der Waals surface area contributed by atoms with Crippen LogP contribution in [0.5, 0.6) is 5.75 Å². The summed E-state index contributed by atoms with van der Waals surface area (Å²) in [5.74, 6) is 0.456. The number of hydrogen-bond donors (Lipinski definition) is 2. The van der Waals surface area contributed by atoms with Crippen molar-refractivity contribution in [3.63, 3.8) is 0 Å². The van der Waals surface area contributed by atoms with Crippen LogP contribution in [0.4, 0.5) is 11.4 Å². The van der Waals surface area contributed by atoms with Gasteiger partial charge in [-0.1, -0.05) is 56.3 Å². The lowest BCUT2D eigenvalue weighted by Crippen LogP contribution is -2.36. The molecule has 2 amide bonds. The van der Waals surface area contributed by atoms with Gasteiger partial charge in [0.15, 0.2) is 5.11 Å². The highest BCUT2D eigenvalue weighted by Gasteiger charge is 2.20. The zero-order chi connectivity index (χ0) is 25.2. The van der Waals surface area contributed by atoms with Crippen LogP contribution in [0.1, 0.15) is 47.9 Å². The number of hydrogen-bond acceptors (Lipinski definition) is 4. The van der Waals surface area contributed by atoms with Gasteiger partial charge in [-0.3, -0.25) is 14.9 Å². The molecule has 2 N–H and O–H groups in total. The third-order valence-electron chi connectivity index (χ3n) is 5.35. The standard InChI is InChI=1S/C28H31N3O3S/c1-4-31(21-12-6-5-7-13-21)27(33)22-14-8-10-16-24(22)29-28(35)30-26(32)23-15-9-11-17-25(23)34-19-18-20(2)3/h5-17,20H,4,18-19H2,1-3H3,(H2,29,30,32,35). The summed E-state index contributed by atoms with van der Waals surface area (Å²) >= 11 is 5.40. The minimum atomic E-state index is -0.383. The number of benzene rings is 3. The van der Waals surface area contributed by atoms with E-state index >= 15 is 0 Å². The number of amides is 2. The van der Waals surface area contributed by atoms with E-state index in [1.807, 2.05) is 43.3 Å². The number of nitrogens with zero attached hydrogens (tertiary/aromatic N) is 1. The summed E-state index contributed by atoms with van der Waals surface area (Å²) in [5.41, 5.74) is 2.16. The average molecular weight is 490 g/mol. The first-order valence-corrected chi connectivity index (χ1v) is 12.1. The molecule has 0 aliphatic carbocycles. The highest BCUT2D eigenvalue weighted by molar-refractivity contribution is 7.80. The maximum atomic E-state index is 13.4. The molecule has 0 bridgehead atoms. The first-order chi connectivity index (χ1) is 16.9. The van der Waals surface area contributed by atoms with E-state index in [0.717, 1.165) is 12.1 Å². The lowest BCUT2D eigenvalue weighted by atomic mass is 10.1. The Kier molecular flexibility index (Phi) is 9.38. The van der Waals surface area contributed by atoms with Gasteiger partial charge in [-0.25, -0.2) is 0 Å². The monoisotopic (exact) mass is 489 g/mol. The van der Waals surface area contributed by atoms with Crippen molar-refractivity contribution in [2.75, 3.05) is 23.4 Å². The van der Waals surface area contributed by atoms with Gasteiger partial charge < -0.3 is 15.0 Å². The molecule has 7 heteroatoms. The Morgan fingerprint density at radius 2 is 1.54 bits per heavy atom. The predicted octanol–water partition coefficient (Wildman–Crippen LogP) is 5.91. The van der Waals surface area contributed by atoms with Crippen molar-refractivity contribution in [1.29, 1.82) is 0 Å². The second-order valence-corrected chi connectivity index (χ2v) is 8.77. The third kappa shape index (κ3) is 7.13. The van der Waals surface area contributed by atoms with E-state index in [4.69, 9.17) is 17.0 Å². The van der Waals surface area contributed by atoms with Gasteiger partial charge in [-0.05, 0) is 67.9 Å². The van der Waals surface area contributed by atoms with E-state index in [1.54, 1.807) is 47.4 Å². The van der Waals surface area contributed by atoms with Gasteiger partial charge in [0.25, 0.3) is 11.8 Å². The fourth-order valence-electron chi connectivity index (χ4n) is 3.48. The Morgan fingerprint density at radius 3 is 2.23 bits per heavy atom. The van der Waals surface area contributed by atoms with Crippen LogP contribution in [0.25, 0.3) is 0 Å². The van der Waals surface area contributed by atoms with E-state index < -0.39 is 0 Å². The van der Waals surface area contributed by atoms with E-state index in [1.165, 1.54) is 0 Å². The Hall–Kier alpha value is -3.71. The number of nitrogens with one attached hydrogen (secondary N) is 2.